The number of nitro benzene ring substituents is 1. The zero-order valence-corrected chi connectivity index (χ0v) is 34.7. The number of aryl methyl sites for hydroxylation is 5. The van der Waals surface area contributed by atoms with Crippen molar-refractivity contribution in [2.24, 2.45) is 0 Å². The van der Waals surface area contributed by atoms with Gasteiger partial charge >= 0.3 is 21.3 Å². The van der Waals surface area contributed by atoms with Gasteiger partial charge in [0.25, 0.3) is 0 Å². The predicted molar refractivity (Wildman–Crippen MR) is 220 cm³/mol. The number of hydrogen-bond donors (Lipinski definition) is 5. The zero-order chi connectivity index (χ0) is 48.4. The van der Waals surface area contributed by atoms with Crippen LogP contribution in [0, 0.1) is 73.8 Å². The summed E-state index contributed by atoms with van der Waals surface area (Å²) in [6, 6.07) is 17.8. The lowest BCUT2D eigenvalue weighted by Crippen LogP contribution is -2.28. The third-order valence-corrected chi connectivity index (χ3v) is 9.19. The number of nitrogens with zero attached hydrogens (tertiary/aromatic N) is 3. The molecule has 0 aliphatic heterocycles. The van der Waals surface area contributed by atoms with E-state index in [1.54, 1.807) is 39.0 Å². The lowest BCUT2D eigenvalue weighted by molar-refractivity contribution is -0.386. The maximum absolute atomic E-state index is 13.7. The summed E-state index contributed by atoms with van der Waals surface area (Å²) in [6.07, 6.45) is 2.72. The van der Waals surface area contributed by atoms with E-state index in [2.05, 4.69) is 14.2 Å². The maximum Gasteiger partial charge on any atom is 0.534 e. The maximum atomic E-state index is 13.7. The van der Waals surface area contributed by atoms with Gasteiger partial charge < -0.3 is 30.3 Å². The minimum absolute atomic E-state index is 0.0810. The van der Waals surface area contributed by atoms with Crippen LogP contribution >= 0.6 is 0 Å². The highest BCUT2D eigenvalue weighted by atomic mass is 32.2. The van der Waals surface area contributed by atoms with Crippen molar-refractivity contribution in [2.45, 2.75) is 40.1 Å². The molecule has 0 amide bonds. The van der Waals surface area contributed by atoms with Crippen molar-refractivity contribution in [1.82, 2.24) is 9.97 Å². The second-order valence-corrected chi connectivity index (χ2v) is 14.9. The van der Waals surface area contributed by atoms with Crippen molar-refractivity contribution in [1.29, 1.82) is 0 Å². The molecule has 0 aliphatic carbocycles. The van der Waals surface area contributed by atoms with Crippen molar-refractivity contribution < 1.29 is 73.1 Å². The smallest absolute Gasteiger partial charge is 0.505 e. The third-order valence-electron chi connectivity index (χ3n) is 8.24. The molecule has 13 nitrogen and oxygen atoms in total. The molecule has 0 bridgehead atoms. The van der Waals surface area contributed by atoms with E-state index < -0.39 is 72.6 Å². The second kappa shape index (κ2) is 21.1. The molecule has 0 unspecified atom stereocenters. The van der Waals surface area contributed by atoms with Gasteiger partial charge in [0.1, 0.15) is 11.0 Å². The summed E-state index contributed by atoms with van der Waals surface area (Å²) < 4.78 is 127. The molecule has 0 fully saturated rings. The Morgan fingerprint density at radius 3 is 1.59 bits per heavy atom. The lowest BCUT2D eigenvalue weighted by atomic mass is 10.1. The van der Waals surface area contributed by atoms with Crippen LogP contribution in [0.5, 0.6) is 28.7 Å². The summed E-state index contributed by atoms with van der Waals surface area (Å²) in [4.78, 5) is 17.0. The number of aromatic nitrogens is 2. The number of fused-ring (bicyclic) bond motifs is 2. The van der Waals surface area contributed by atoms with E-state index in [0.29, 0.717) is 27.6 Å². The molecule has 0 aliphatic rings. The number of nitrogens with two attached hydrogens (primary N) is 1. The van der Waals surface area contributed by atoms with Crippen LogP contribution in [-0.4, -0.2) is 49.2 Å². The Balaban J connectivity index is 0.000000220. The van der Waals surface area contributed by atoms with Gasteiger partial charge in [0.05, 0.1) is 10.6 Å². The fourth-order valence-electron chi connectivity index (χ4n) is 5.18. The van der Waals surface area contributed by atoms with Crippen molar-refractivity contribution in [2.75, 3.05) is 5.73 Å². The van der Waals surface area contributed by atoms with Crippen molar-refractivity contribution >= 4 is 43.3 Å². The first-order valence-electron chi connectivity index (χ1n) is 17.8. The van der Waals surface area contributed by atoms with Gasteiger partial charge in [-0.1, -0.05) is 18.2 Å². The van der Waals surface area contributed by atoms with Gasteiger partial charge in [0.2, 0.25) is 11.5 Å². The van der Waals surface area contributed by atoms with E-state index in [1.165, 1.54) is 68.7 Å². The molecule has 0 spiro atoms. The van der Waals surface area contributed by atoms with Crippen molar-refractivity contribution in [3.8, 4) is 28.7 Å². The molecule has 6 N–H and O–H groups in total. The molecule has 7 rings (SSSR count). The summed E-state index contributed by atoms with van der Waals surface area (Å²) in [5.74, 6) is -7.17. The van der Waals surface area contributed by atoms with Gasteiger partial charge in [0, 0.05) is 29.2 Å². The number of phenols is 4. The molecule has 7 aromatic rings. The number of phenolic OH excluding ortho intramolecular Hbond substituents is 4. The van der Waals surface area contributed by atoms with Crippen LogP contribution in [0.2, 0.25) is 0 Å². The number of rotatable bonds is 3. The summed E-state index contributed by atoms with van der Waals surface area (Å²) in [5, 5.41) is 47.0. The molecule has 340 valence electrons. The third kappa shape index (κ3) is 13.0. The van der Waals surface area contributed by atoms with Crippen LogP contribution in [0.4, 0.5) is 46.5 Å². The number of nitro groups is 1. The molecule has 64 heavy (non-hydrogen) atoms. The number of aromatic hydroxyl groups is 4. The van der Waals surface area contributed by atoms with Gasteiger partial charge in [0.15, 0.2) is 46.3 Å². The molecule has 0 atom stereocenters. The number of pyridine rings is 2. The molecule has 0 saturated carbocycles. The van der Waals surface area contributed by atoms with Crippen LogP contribution in [0.25, 0.3) is 21.8 Å². The number of nitrogen functional groups attached to an aromatic ring is 1. The minimum Gasteiger partial charge on any atom is -0.505 e. The summed E-state index contributed by atoms with van der Waals surface area (Å²) in [5.41, 5.74) is 2.17. The highest BCUT2D eigenvalue weighted by Crippen LogP contribution is 2.35. The molecular weight excluding hydrogens is 889 g/mol. The van der Waals surface area contributed by atoms with Crippen LogP contribution < -0.4 is 9.92 Å². The monoisotopic (exact) mass is 924 g/mol. The van der Waals surface area contributed by atoms with E-state index in [1.807, 2.05) is 0 Å². The number of halogens is 8. The molecule has 2 aromatic heterocycles. The molecule has 5 aromatic carbocycles. The van der Waals surface area contributed by atoms with E-state index >= 15 is 0 Å². The molecule has 0 saturated heterocycles. The Morgan fingerprint density at radius 2 is 1.09 bits per heavy atom. The van der Waals surface area contributed by atoms with Crippen molar-refractivity contribution in [3.63, 3.8) is 0 Å². The predicted octanol–water partition coefficient (Wildman–Crippen LogP) is 10.3. The standard InChI is InChI=1S/C11H7F4NO3S.C10H8FNO.C7H6FNO3.C7H8FNO.C7H7FO/c1-6-5-8(12)10(9-7(6)3-2-4-16-9)19-20(17,18)11(13,14)15;1-6-5-8(11)10(13)9-7(6)3-2-4-12-9;1-4-2-5(8)7(10)6(3-4)9(11)12;1-4-2-5(8)7(10)6(9)3-4;1-5-2-3-7(9)6(8)4-5/h2-5H,1H3;2-5,13H,1H3;2-3,10H,1H3;2-3,10H,9H2,1H3;2-4,9H,1H3. The summed E-state index contributed by atoms with van der Waals surface area (Å²) >= 11 is 0. The van der Waals surface area contributed by atoms with E-state index in [9.17, 15) is 58.8 Å². The number of alkyl halides is 3. The normalized spacial score (nSPS) is 10.8. The quantitative estimate of drug-likeness (QED) is 0.0213. The lowest BCUT2D eigenvalue weighted by Gasteiger charge is -2.12. The van der Waals surface area contributed by atoms with Crippen LogP contribution in [0.15, 0.2) is 91.3 Å². The fourth-order valence-corrected chi connectivity index (χ4v) is 5.65. The van der Waals surface area contributed by atoms with Gasteiger partial charge in [-0.25, -0.2) is 22.0 Å². The SMILES string of the molecule is Cc1cc(F)c(O)c([N+](=O)[O-])c1.Cc1cc(F)c(O)c2ncccc12.Cc1cc(F)c(OS(=O)(=O)C(F)(F)F)c2ncccc12.Cc1cc(N)c(O)c(F)c1.Cc1ccc(O)c(F)c1. The van der Waals surface area contributed by atoms with Gasteiger partial charge in [-0.3, -0.25) is 20.1 Å². The molecular formula is C42H36F8N4O9S. The van der Waals surface area contributed by atoms with Crippen molar-refractivity contribution in [3.05, 3.63) is 158 Å². The molecule has 22 heteroatoms. The van der Waals surface area contributed by atoms with E-state index in [0.717, 1.165) is 34.7 Å². The highest BCUT2D eigenvalue weighted by molar-refractivity contribution is 7.88. The average molecular weight is 925 g/mol. The Hall–Kier alpha value is -7.49. The Morgan fingerprint density at radius 1 is 0.625 bits per heavy atom. The Labute approximate surface area is 358 Å². The molecule has 2 heterocycles. The second-order valence-electron chi connectivity index (χ2n) is 13.3. The van der Waals surface area contributed by atoms with Crippen LogP contribution in [0.3, 0.4) is 0 Å². The minimum atomic E-state index is -5.96. The highest BCUT2D eigenvalue weighted by Gasteiger charge is 2.49. The van der Waals surface area contributed by atoms with Crippen LogP contribution in [-0.2, 0) is 10.1 Å². The summed E-state index contributed by atoms with van der Waals surface area (Å²) in [7, 11) is -5.96. The zero-order valence-electron chi connectivity index (χ0n) is 33.8. The number of hydrogen-bond acceptors (Lipinski definition) is 12. The largest absolute Gasteiger partial charge is 0.534 e. The average Bonchev–Trinajstić information content (AvgIpc) is 3.21. The van der Waals surface area contributed by atoms with Gasteiger partial charge in [-0.2, -0.15) is 21.6 Å². The topological polar surface area (TPSA) is 219 Å². The fraction of sp³-hybridized carbons (Fsp3) is 0.143. The number of anilines is 1. The summed E-state index contributed by atoms with van der Waals surface area (Å²) in [6.45, 7) is 8.28. The Bertz CT molecular complexity index is 2920. The van der Waals surface area contributed by atoms with E-state index in [4.69, 9.17) is 21.1 Å². The van der Waals surface area contributed by atoms with Gasteiger partial charge in [-0.05, 0) is 117 Å². The Kier molecular flexibility index (Phi) is 16.7. The first kappa shape index (κ1) is 50.9. The first-order valence-corrected chi connectivity index (χ1v) is 19.2. The van der Waals surface area contributed by atoms with Gasteiger partial charge in [-0.15, -0.1) is 0 Å². The molecule has 0 radical (unpaired) electrons. The van der Waals surface area contributed by atoms with Crippen LogP contribution in [0.1, 0.15) is 27.8 Å². The van der Waals surface area contributed by atoms with E-state index in [-0.39, 0.29) is 22.7 Å². The number of benzene rings is 5. The first-order chi connectivity index (χ1) is 29.7.